The molecule has 0 saturated carbocycles. The fourth-order valence-electron chi connectivity index (χ4n) is 2.03. The third-order valence-corrected chi connectivity index (χ3v) is 3.19. The number of halogens is 3. The monoisotopic (exact) mass is 290 g/mol. The summed E-state index contributed by atoms with van der Waals surface area (Å²) in [6.07, 6.45) is -1.51. The minimum absolute atomic E-state index is 0.142. The molecular formula is C14H21ClF2N2. The average Bonchev–Trinajstić information content (AvgIpc) is 2.33. The van der Waals surface area contributed by atoms with Gasteiger partial charge in [0.05, 0.1) is 6.54 Å². The highest BCUT2D eigenvalue weighted by Gasteiger charge is 2.13. The normalized spacial score (nSPS) is 13.2. The van der Waals surface area contributed by atoms with Crippen molar-refractivity contribution in [2.45, 2.75) is 25.8 Å². The van der Waals surface area contributed by atoms with E-state index in [0.29, 0.717) is 11.6 Å². The van der Waals surface area contributed by atoms with E-state index in [1.165, 1.54) is 0 Å². The van der Waals surface area contributed by atoms with E-state index in [1.54, 1.807) is 11.9 Å². The fourth-order valence-corrected chi connectivity index (χ4v) is 2.23. The number of nitrogens with one attached hydrogen (secondary N) is 1. The summed E-state index contributed by atoms with van der Waals surface area (Å²) in [4.78, 5) is 1.65. The zero-order chi connectivity index (χ0) is 14.3. The molecule has 0 saturated heterocycles. The number of hydrogen-bond acceptors (Lipinski definition) is 2. The Morgan fingerprint density at radius 2 is 2.11 bits per heavy atom. The molecule has 108 valence electrons. The predicted molar refractivity (Wildman–Crippen MR) is 76.0 cm³/mol. The van der Waals surface area contributed by atoms with Crippen molar-refractivity contribution < 1.29 is 8.78 Å². The van der Waals surface area contributed by atoms with Crippen LogP contribution in [0.15, 0.2) is 24.3 Å². The molecule has 2 nitrogen and oxygen atoms in total. The summed E-state index contributed by atoms with van der Waals surface area (Å²) in [5.41, 5.74) is 1.10. The van der Waals surface area contributed by atoms with Gasteiger partial charge in [0, 0.05) is 11.1 Å². The summed E-state index contributed by atoms with van der Waals surface area (Å²) < 4.78 is 24.5. The van der Waals surface area contributed by atoms with Crippen LogP contribution in [0, 0.1) is 0 Å². The molecule has 0 heterocycles. The minimum atomic E-state index is -2.28. The van der Waals surface area contributed by atoms with Crippen LogP contribution in [0.4, 0.5) is 8.78 Å². The molecule has 0 aliphatic carbocycles. The predicted octanol–water partition coefficient (Wildman–Crippen LogP) is 3.58. The molecule has 0 aromatic heterocycles. The van der Waals surface area contributed by atoms with E-state index in [2.05, 4.69) is 5.32 Å². The van der Waals surface area contributed by atoms with E-state index in [1.807, 2.05) is 31.2 Å². The van der Waals surface area contributed by atoms with E-state index < -0.39 is 6.43 Å². The van der Waals surface area contributed by atoms with Gasteiger partial charge in [-0.2, -0.15) is 0 Å². The third kappa shape index (κ3) is 6.32. The van der Waals surface area contributed by atoms with E-state index >= 15 is 0 Å². The maximum Gasteiger partial charge on any atom is 0.251 e. The first kappa shape index (κ1) is 16.3. The summed E-state index contributed by atoms with van der Waals surface area (Å²) in [5, 5.41) is 4.06. The van der Waals surface area contributed by atoms with Gasteiger partial charge in [0.1, 0.15) is 0 Å². The van der Waals surface area contributed by atoms with Crippen molar-refractivity contribution in [2.75, 3.05) is 26.7 Å². The topological polar surface area (TPSA) is 15.3 Å². The smallest absolute Gasteiger partial charge is 0.251 e. The summed E-state index contributed by atoms with van der Waals surface area (Å²) >= 11 is 5.98. The maximum absolute atomic E-state index is 12.3. The van der Waals surface area contributed by atoms with Gasteiger partial charge in [-0.05, 0) is 44.3 Å². The standard InChI is InChI=1S/C14H21ClF2N2/c1-3-18-13(7-8-19(2)10-14(16)17)11-5-4-6-12(15)9-11/h4-6,9,13-14,18H,3,7-8,10H2,1-2H3. The molecule has 1 rings (SSSR count). The van der Waals surface area contributed by atoms with Crippen LogP contribution in [0.5, 0.6) is 0 Å². The molecule has 0 aliphatic heterocycles. The van der Waals surface area contributed by atoms with Gasteiger partial charge in [-0.25, -0.2) is 8.78 Å². The van der Waals surface area contributed by atoms with Gasteiger partial charge in [0.2, 0.25) is 0 Å². The van der Waals surface area contributed by atoms with Crippen LogP contribution in [0.1, 0.15) is 24.9 Å². The average molecular weight is 291 g/mol. The van der Waals surface area contributed by atoms with Crippen molar-refractivity contribution in [1.29, 1.82) is 0 Å². The minimum Gasteiger partial charge on any atom is -0.310 e. The molecule has 1 aromatic rings. The van der Waals surface area contributed by atoms with E-state index in [-0.39, 0.29) is 12.6 Å². The van der Waals surface area contributed by atoms with Crippen LogP contribution in [-0.2, 0) is 0 Å². The van der Waals surface area contributed by atoms with Crippen LogP contribution in [-0.4, -0.2) is 38.0 Å². The van der Waals surface area contributed by atoms with Crippen molar-refractivity contribution in [3.63, 3.8) is 0 Å². The summed E-state index contributed by atoms with van der Waals surface area (Å²) in [6, 6.07) is 7.81. The lowest BCUT2D eigenvalue weighted by atomic mass is 10.0. The lowest BCUT2D eigenvalue weighted by Gasteiger charge is -2.22. The molecule has 0 fully saturated rings. The molecule has 1 atom stereocenters. The molecule has 19 heavy (non-hydrogen) atoms. The first-order chi connectivity index (χ1) is 9.02. The Balaban J connectivity index is 2.58. The van der Waals surface area contributed by atoms with Crippen molar-refractivity contribution >= 4 is 11.6 Å². The second kappa shape index (κ2) is 8.46. The Morgan fingerprint density at radius 1 is 1.37 bits per heavy atom. The van der Waals surface area contributed by atoms with Crippen molar-refractivity contribution in [1.82, 2.24) is 10.2 Å². The van der Waals surface area contributed by atoms with Crippen LogP contribution in [0.25, 0.3) is 0 Å². The second-order valence-corrected chi connectivity index (χ2v) is 5.04. The lowest BCUT2D eigenvalue weighted by molar-refractivity contribution is 0.0985. The Hall–Kier alpha value is -0.710. The Morgan fingerprint density at radius 3 is 2.68 bits per heavy atom. The Bertz CT molecular complexity index is 374. The van der Waals surface area contributed by atoms with Gasteiger partial charge in [-0.3, -0.25) is 0 Å². The fraction of sp³-hybridized carbons (Fsp3) is 0.571. The van der Waals surface area contributed by atoms with Crippen LogP contribution < -0.4 is 5.32 Å². The van der Waals surface area contributed by atoms with Crippen molar-refractivity contribution in [2.24, 2.45) is 0 Å². The maximum atomic E-state index is 12.3. The highest BCUT2D eigenvalue weighted by Crippen LogP contribution is 2.20. The van der Waals surface area contributed by atoms with Gasteiger partial charge < -0.3 is 10.2 Å². The lowest BCUT2D eigenvalue weighted by Crippen LogP contribution is -2.30. The molecule has 5 heteroatoms. The quantitative estimate of drug-likeness (QED) is 0.787. The van der Waals surface area contributed by atoms with Gasteiger partial charge in [-0.1, -0.05) is 30.7 Å². The van der Waals surface area contributed by atoms with Gasteiger partial charge >= 0.3 is 0 Å². The number of rotatable bonds is 8. The highest BCUT2D eigenvalue weighted by atomic mass is 35.5. The second-order valence-electron chi connectivity index (χ2n) is 4.61. The van der Waals surface area contributed by atoms with E-state index in [4.69, 9.17) is 11.6 Å². The van der Waals surface area contributed by atoms with Crippen molar-refractivity contribution in [3.8, 4) is 0 Å². The Labute approximate surface area is 118 Å². The SMILES string of the molecule is CCNC(CCN(C)CC(F)F)c1cccc(Cl)c1. The molecule has 1 aromatic carbocycles. The van der Waals surface area contributed by atoms with Gasteiger partial charge in [0.25, 0.3) is 6.43 Å². The first-order valence-electron chi connectivity index (χ1n) is 6.48. The number of benzene rings is 1. The summed E-state index contributed by atoms with van der Waals surface area (Å²) in [6.45, 7) is 3.29. The van der Waals surface area contributed by atoms with Crippen LogP contribution >= 0.6 is 11.6 Å². The van der Waals surface area contributed by atoms with E-state index in [0.717, 1.165) is 18.5 Å². The first-order valence-corrected chi connectivity index (χ1v) is 6.86. The largest absolute Gasteiger partial charge is 0.310 e. The molecular weight excluding hydrogens is 270 g/mol. The molecule has 1 unspecified atom stereocenters. The van der Waals surface area contributed by atoms with Gasteiger partial charge in [0.15, 0.2) is 0 Å². The molecule has 0 radical (unpaired) electrons. The van der Waals surface area contributed by atoms with Crippen LogP contribution in [0.2, 0.25) is 5.02 Å². The van der Waals surface area contributed by atoms with Gasteiger partial charge in [-0.15, -0.1) is 0 Å². The zero-order valence-electron chi connectivity index (χ0n) is 11.4. The highest BCUT2D eigenvalue weighted by molar-refractivity contribution is 6.30. The molecule has 1 N–H and O–H groups in total. The molecule has 0 amide bonds. The molecule has 0 aliphatic rings. The molecule has 0 spiro atoms. The zero-order valence-corrected chi connectivity index (χ0v) is 12.1. The summed E-state index contributed by atoms with van der Waals surface area (Å²) in [7, 11) is 1.72. The van der Waals surface area contributed by atoms with Crippen LogP contribution in [0.3, 0.4) is 0 Å². The summed E-state index contributed by atoms with van der Waals surface area (Å²) in [5.74, 6) is 0. The molecule has 0 bridgehead atoms. The number of alkyl halides is 2. The number of nitrogens with zero attached hydrogens (tertiary/aromatic N) is 1. The van der Waals surface area contributed by atoms with E-state index in [9.17, 15) is 8.78 Å². The van der Waals surface area contributed by atoms with Crippen molar-refractivity contribution in [3.05, 3.63) is 34.9 Å². The third-order valence-electron chi connectivity index (χ3n) is 2.95. The Kier molecular flexibility index (Phi) is 7.28. The number of hydrogen-bond donors (Lipinski definition) is 1.